The molecule has 0 unspecified atom stereocenters. The number of hydrogen-bond donors (Lipinski definition) is 0. The Hall–Kier alpha value is -1.74. The van der Waals surface area contributed by atoms with E-state index in [1.54, 1.807) is 6.26 Å². The molecule has 0 amide bonds. The number of furan rings is 1. The van der Waals surface area contributed by atoms with Crippen molar-refractivity contribution < 1.29 is 4.42 Å². The maximum atomic E-state index is 8.45. The Morgan fingerprint density at radius 1 is 1.56 bits per heavy atom. The summed E-state index contributed by atoms with van der Waals surface area (Å²) in [5, 5.41) is 17.3. The van der Waals surface area contributed by atoms with Crippen LogP contribution in [0.1, 0.15) is 6.42 Å². The van der Waals surface area contributed by atoms with Gasteiger partial charge in [0.25, 0.3) is 0 Å². The number of hydrogen-bond acceptors (Lipinski definition) is 5. The summed E-state index contributed by atoms with van der Waals surface area (Å²) < 4.78 is 7.12. The molecule has 0 aliphatic rings. The molecule has 0 saturated carbocycles. The molecule has 82 valence electrons. The van der Waals surface area contributed by atoms with E-state index in [1.165, 1.54) is 11.8 Å². The fourth-order valence-corrected chi connectivity index (χ4v) is 2.00. The zero-order chi connectivity index (χ0) is 11.4. The van der Waals surface area contributed by atoms with Gasteiger partial charge in [-0.2, -0.15) is 5.26 Å². The molecule has 0 bridgehead atoms. The molecule has 0 fully saturated rings. The summed E-state index contributed by atoms with van der Waals surface area (Å²) in [6, 6.07) is 5.75. The Labute approximate surface area is 97.1 Å². The molecule has 0 aliphatic carbocycles. The largest absolute Gasteiger partial charge is 0.461 e. The van der Waals surface area contributed by atoms with Crippen molar-refractivity contribution in [3.63, 3.8) is 0 Å². The third kappa shape index (κ3) is 2.09. The fourth-order valence-electron chi connectivity index (χ4n) is 1.25. The molecule has 16 heavy (non-hydrogen) atoms. The lowest BCUT2D eigenvalue weighted by Crippen LogP contribution is -1.94. The molecule has 2 aromatic heterocycles. The van der Waals surface area contributed by atoms with Gasteiger partial charge in [0.15, 0.2) is 16.7 Å². The van der Waals surface area contributed by atoms with E-state index in [0.717, 1.165) is 10.9 Å². The smallest absolute Gasteiger partial charge is 0.200 e. The van der Waals surface area contributed by atoms with Crippen LogP contribution >= 0.6 is 11.8 Å². The van der Waals surface area contributed by atoms with E-state index in [9.17, 15) is 0 Å². The standard InChI is InChI=1S/C10H10N4OS/c1-14-9(8-4-2-6-15-8)12-13-10(14)16-7-3-5-11/h2,4,6H,3,7H2,1H3. The van der Waals surface area contributed by atoms with Crippen molar-refractivity contribution in [3.05, 3.63) is 18.4 Å². The maximum Gasteiger partial charge on any atom is 0.200 e. The van der Waals surface area contributed by atoms with Crippen LogP contribution in [0.15, 0.2) is 28.0 Å². The first kappa shape index (κ1) is 10.8. The van der Waals surface area contributed by atoms with Gasteiger partial charge >= 0.3 is 0 Å². The molecule has 6 heteroatoms. The van der Waals surface area contributed by atoms with E-state index in [1.807, 2.05) is 23.7 Å². The highest BCUT2D eigenvalue weighted by molar-refractivity contribution is 7.99. The van der Waals surface area contributed by atoms with Crippen LogP contribution in [-0.4, -0.2) is 20.5 Å². The maximum absolute atomic E-state index is 8.45. The first-order chi connectivity index (χ1) is 7.83. The Bertz CT molecular complexity index is 497. The molecule has 0 spiro atoms. The summed E-state index contributed by atoms with van der Waals surface area (Å²) in [5.41, 5.74) is 0. The van der Waals surface area contributed by atoms with Crippen molar-refractivity contribution in [2.45, 2.75) is 11.6 Å². The monoisotopic (exact) mass is 234 g/mol. The Kier molecular flexibility index (Phi) is 3.27. The van der Waals surface area contributed by atoms with Gasteiger partial charge in [-0.15, -0.1) is 10.2 Å². The molecule has 0 radical (unpaired) electrons. The van der Waals surface area contributed by atoms with Gasteiger partial charge < -0.3 is 8.98 Å². The number of rotatable bonds is 4. The molecule has 0 aromatic carbocycles. The second kappa shape index (κ2) is 4.86. The molecular weight excluding hydrogens is 224 g/mol. The highest BCUT2D eigenvalue weighted by Crippen LogP contribution is 2.22. The number of nitrogens with zero attached hydrogens (tertiary/aromatic N) is 4. The van der Waals surface area contributed by atoms with Crippen molar-refractivity contribution in [2.24, 2.45) is 7.05 Å². The number of thioether (sulfide) groups is 1. The van der Waals surface area contributed by atoms with Crippen LogP contribution in [0.5, 0.6) is 0 Å². The van der Waals surface area contributed by atoms with Crippen LogP contribution in [0.4, 0.5) is 0 Å². The third-order valence-corrected chi connectivity index (χ3v) is 3.04. The van der Waals surface area contributed by atoms with Crippen molar-refractivity contribution in [2.75, 3.05) is 5.75 Å². The van der Waals surface area contributed by atoms with Crippen LogP contribution in [0, 0.1) is 11.3 Å². The lowest BCUT2D eigenvalue weighted by molar-refractivity contribution is 0.572. The van der Waals surface area contributed by atoms with Crippen LogP contribution in [-0.2, 0) is 7.05 Å². The molecule has 2 heterocycles. The summed E-state index contributed by atoms with van der Waals surface area (Å²) in [5.74, 6) is 2.12. The molecule has 0 N–H and O–H groups in total. The minimum Gasteiger partial charge on any atom is -0.461 e. The van der Waals surface area contributed by atoms with Gasteiger partial charge in [0.1, 0.15) is 0 Å². The quantitative estimate of drug-likeness (QED) is 0.598. The molecule has 0 aliphatic heterocycles. The fraction of sp³-hybridized carbons (Fsp3) is 0.300. The first-order valence-corrected chi connectivity index (χ1v) is 5.74. The van der Waals surface area contributed by atoms with Crippen molar-refractivity contribution in [1.29, 1.82) is 5.26 Å². The minimum atomic E-state index is 0.508. The van der Waals surface area contributed by atoms with Gasteiger partial charge in [-0.3, -0.25) is 0 Å². The highest BCUT2D eigenvalue weighted by Gasteiger charge is 2.12. The van der Waals surface area contributed by atoms with Crippen LogP contribution in [0.3, 0.4) is 0 Å². The SMILES string of the molecule is Cn1c(SCCC#N)nnc1-c1ccco1. The second-order valence-electron chi connectivity index (χ2n) is 3.10. The van der Waals surface area contributed by atoms with Crippen LogP contribution in [0.25, 0.3) is 11.6 Å². The van der Waals surface area contributed by atoms with E-state index in [0.29, 0.717) is 18.0 Å². The lowest BCUT2D eigenvalue weighted by Gasteiger charge is -1.99. The summed E-state index contributed by atoms with van der Waals surface area (Å²) in [7, 11) is 1.88. The van der Waals surface area contributed by atoms with E-state index in [4.69, 9.17) is 9.68 Å². The lowest BCUT2D eigenvalue weighted by atomic mass is 10.4. The zero-order valence-electron chi connectivity index (χ0n) is 8.75. The minimum absolute atomic E-state index is 0.508. The average molecular weight is 234 g/mol. The van der Waals surface area contributed by atoms with Crippen LogP contribution in [0.2, 0.25) is 0 Å². The van der Waals surface area contributed by atoms with Gasteiger partial charge in [0, 0.05) is 19.2 Å². The molecule has 0 atom stereocenters. The van der Waals surface area contributed by atoms with Crippen molar-refractivity contribution in [1.82, 2.24) is 14.8 Å². The predicted octanol–water partition coefficient (Wildman–Crippen LogP) is 2.08. The van der Waals surface area contributed by atoms with Gasteiger partial charge in [0.05, 0.1) is 12.3 Å². The van der Waals surface area contributed by atoms with E-state index in [-0.39, 0.29) is 0 Å². The third-order valence-electron chi connectivity index (χ3n) is 2.02. The number of nitriles is 1. The summed E-state index contributed by atoms with van der Waals surface area (Å²) >= 11 is 1.51. The van der Waals surface area contributed by atoms with E-state index in [2.05, 4.69) is 16.3 Å². The summed E-state index contributed by atoms with van der Waals surface area (Å²) in [4.78, 5) is 0. The Balaban J connectivity index is 2.15. The van der Waals surface area contributed by atoms with Crippen molar-refractivity contribution >= 4 is 11.8 Å². The molecule has 2 rings (SSSR count). The second-order valence-corrected chi connectivity index (χ2v) is 4.16. The zero-order valence-corrected chi connectivity index (χ0v) is 9.57. The molecule has 5 nitrogen and oxygen atoms in total. The molecule has 0 saturated heterocycles. The topological polar surface area (TPSA) is 67.6 Å². The average Bonchev–Trinajstić information content (AvgIpc) is 2.89. The normalized spacial score (nSPS) is 10.2. The van der Waals surface area contributed by atoms with Crippen LogP contribution < -0.4 is 0 Å². The van der Waals surface area contributed by atoms with Crippen molar-refractivity contribution in [3.8, 4) is 17.7 Å². The first-order valence-electron chi connectivity index (χ1n) is 4.76. The van der Waals surface area contributed by atoms with E-state index >= 15 is 0 Å². The summed E-state index contributed by atoms with van der Waals surface area (Å²) in [6.45, 7) is 0. The van der Waals surface area contributed by atoms with Gasteiger partial charge in [-0.25, -0.2) is 0 Å². The predicted molar refractivity (Wildman–Crippen MR) is 59.7 cm³/mol. The van der Waals surface area contributed by atoms with E-state index < -0.39 is 0 Å². The molecular formula is C10H10N4OS. The molecule has 2 aromatic rings. The van der Waals surface area contributed by atoms with Gasteiger partial charge in [0.2, 0.25) is 0 Å². The Morgan fingerprint density at radius 3 is 3.12 bits per heavy atom. The number of aromatic nitrogens is 3. The highest BCUT2D eigenvalue weighted by atomic mass is 32.2. The summed E-state index contributed by atoms with van der Waals surface area (Å²) in [6.07, 6.45) is 2.11. The Morgan fingerprint density at radius 2 is 2.44 bits per heavy atom. The van der Waals surface area contributed by atoms with Gasteiger partial charge in [-0.1, -0.05) is 11.8 Å². The van der Waals surface area contributed by atoms with Gasteiger partial charge in [-0.05, 0) is 12.1 Å².